The molecule has 1 aromatic carbocycles. The van der Waals surface area contributed by atoms with Gasteiger partial charge in [-0.1, -0.05) is 12.8 Å². The van der Waals surface area contributed by atoms with E-state index in [1.165, 1.54) is 0 Å². The molecule has 1 atom stereocenters. The lowest BCUT2D eigenvalue weighted by Crippen LogP contribution is -2.36. The maximum Gasteiger partial charge on any atom is 0.248 e. The maximum absolute atomic E-state index is 13.1. The summed E-state index contributed by atoms with van der Waals surface area (Å²) in [7, 11) is 0. The van der Waals surface area contributed by atoms with Crippen molar-refractivity contribution >= 4 is 29.0 Å². The smallest absolute Gasteiger partial charge is 0.248 e. The Morgan fingerprint density at radius 1 is 1.16 bits per heavy atom. The summed E-state index contributed by atoms with van der Waals surface area (Å²) in [4.78, 5) is 25.9. The zero-order chi connectivity index (χ0) is 21.3. The van der Waals surface area contributed by atoms with Crippen LogP contribution in [0.5, 0.6) is 0 Å². The highest BCUT2D eigenvalue weighted by molar-refractivity contribution is 6.01. The molecule has 1 saturated carbocycles. The first-order valence-electron chi connectivity index (χ1n) is 10.9. The number of benzene rings is 1. The molecule has 1 unspecified atom stereocenters. The zero-order valence-corrected chi connectivity index (χ0v) is 17.5. The molecule has 1 aliphatic carbocycles. The van der Waals surface area contributed by atoms with Crippen molar-refractivity contribution in [3.63, 3.8) is 0 Å². The molecular formula is C23H26N6O2. The Balaban J connectivity index is 1.28. The van der Waals surface area contributed by atoms with Crippen LogP contribution in [-0.4, -0.2) is 48.7 Å². The van der Waals surface area contributed by atoms with Crippen LogP contribution in [-0.2, 0) is 9.53 Å². The zero-order valence-electron chi connectivity index (χ0n) is 17.5. The van der Waals surface area contributed by atoms with Gasteiger partial charge in [-0.25, -0.2) is 4.98 Å². The minimum absolute atomic E-state index is 0.124. The summed E-state index contributed by atoms with van der Waals surface area (Å²) in [5.74, 6) is 1.37. The average Bonchev–Trinajstić information content (AvgIpc) is 3.57. The molecule has 0 bridgehead atoms. The Kier molecular flexibility index (Phi) is 5.20. The van der Waals surface area contributed by atoms with Gasteiger partial charge >= 0.3 is 0 Å². The second-order valence-corrected chi connectivity index (χ2v) is 8.56. The lowest BCUT2D eigenvalue weighted by atomic mass is 9.82. The van der Waals surface area contributed by atoms with E-state index in [-0.39, 0.29) is 5.91 Å². The monoisotopic (exact) mass is 418 g/mol. The van der Waals surface area contributed by atoms with Crippen LogP contribution in [0.25, 0.3) is 0 Å². The van der Waals surface area contributed by atoms with Crippen molar-refractivity contribution in [2.45, 2.75) is 25.7 Å². The number of carbonyl (C=O) groups excluding carboxylic acids is 1. The van der Waals surface area contributed by atoms with E-state index in [1.807, 2.05) is 12.1 Å². The fraction of sp³-hybridized carbons (Fsp3) is 0.478. The van der Waals surface area contributed by atoms with E-state index in [1.54, 1.807) is 17.2 Å². The SMILES string of the molecule is N#CC1(CC2CC2)CCN(c2ccnc(Nc3ccc(N4CCOCC4)cc3)n2)C1=O. The average molecular weight is 419 g/mol. The second kappa shape index (κ2) is 8.16. The van der Waals surface area contributed by atoms with Gasteiger partial charge in [-0.05, 0) is 49.1 Å². The summed E-state index contributed by atoms with van der Waals surface area (Å²) in [6, 6.07) is 12.2. The lowest BCUT2D eigenvalue weighted by molar-refractivity contribution is -0.123. The molecule has 31 heavy (non-hydrogen) atoms. The van der Waals surface area contributed by atoms with Gasteiger partial charge in [0.05, 0.1) is 19.3 Å². The first-order chi connectivity index (χ1) is 15.2. The minimum atomic E-state index is -0.894. The van der Waals surface area contributed by atoms with Crippen LogP contribution < -0.4 is 15.1 Å². The standard InChI is InChI=1S/C23H26N6O2/c24-16-23(15-17-1-2-17)8-10-29(21(23)30)20-7-9-25-22(27-20)26-18-3-5-19(6-4-18)28-11-13-31-14-12-28/h3-7,9,17H,1-2,8,10-15H2,(H,25,26,27). The molecular weight excluding hydrogens is 392 g/mol. The van der Waals surface area contributed by atoms with Crippen LogP contribution in [0.1, 0.15) is 25.7 Å². The minimum Gasteiger partial charge on any atom is -0.378 e. The Bertz CT molecular complexity index is 994. The van der Waals surface area contributed by atoms with Crippen molar-refractivity contribution in [1.82, 2.24) is 9.97 Å². The van der Waals surface area contributed by atoms with Crippen molar-refractivity contribution in [1.29, 1.82) is 5.26 Å². The van der Waals surface area contributed by atoms with Crippen LogP contribution in [0.4, 0.5) is 23.1 Å². The third kappa shape index (κ3) is 4.06. The van der Waals surface area contributed by atoms with Crippen LogP contribution >= 0.6 is 0 Å². The lowest BCUT2D eigenvalue weighted by Gasteiger charge is -2.28. The number of ether oxygens (including phenoxy) is 1. The maximum atomic E-state index is 13.1. The quantitative estimate of drug-likeness (QED) is 0.770. The third-order valence-electron chi connectivity index (χ3n) is 6.38. The summed E-state index contributed by atoms with van der Waals surface area (Å²) in [5, 5.41) is 13.0. The predicted octanol–water partition coefficient (Wildman–Crippen LogP) is 3.10. The van der Waals surface area contributed by atoms with E-state index in [2.05, 4.69) is 38.4 Å². The number of nitrogens with zero attached hydrogens (tertiary/aromatic N) is 5. The number of nitrogens with one attached hydrogen (secondary N) is 1. The summed E-state index contributed by atoms with van der Waals surface area (Å²) in [6.45, 7) is 3.82. The van der Waals surface area contributed by atoms with E-state index < -0.39 is 5.41 Å². The van der Waals surface area contributed by atoms with Crippen molar-refractivity contribution in [3.8, 4) is 6.07 Å². The summed E-state index contributed by atoms with van der Waals surface area (Å²) in [5.41, 5.74) is 1.14. The molecule has 2 aliphatic heterocycles. The Labute approximate surface area is 181 Å². The van der Waals surface area contributed by atoms with Gasteiger partial charge in [-0.3, -0.25) is 9.69 Å². The van der Waals surface area contributed by atoms with E-state index in [9.17, 15) is 10.1 Å². The molecule has 0 radical (unpaired) electrons. The molecule has 3 fully saturated rings. The third-order valence-corrected chi connectivity index (χ3v) is 6.38. The summed E-state index contributed by atoms with van der Waals surface area (Å²) < 4.78 is 5.41. The van der Waals surface area contributed by atoms with Gasteiger partial charge < -0.3 is 15.0 Å². The van der Waals surface area contributed by atoms with Crippen molar-refractivity contribution in [2.24, 2.45) is 11.3 Å². The fourth-order valence-corrected chi connectivity index (χ4v) is 4.41. The molecule has 2 aromatic rings. The molecule has 8 nitrogen and oxygen atoms in total. The van der Waals surface area contributed by atoms with Crippen LogP contribution in [0.3, 0.4) is 0 Å². The highest BCUT2D eigenvalue weighted by Crippen LogP contribution is 2.46. The fourth-order valence-electron chi connectivity index (χ4n) is 4.41. The second-order valence-electron chi connectivity index (χ2n) is 8.56. The summed E-state index contributed by atoms with van der Waals surface area (Å²) >= 11 is 0. The van der Waals surface area contributed by atoms with Gasteiger partial charge in [0.1, 0.15) is 11.2 Å². The molecule has 0 spiro atoms. The molecule has 3 heterocycles. The number of morpholine rings is 1. The van der Waals surface area contributed by atoms with Crippen molar-refractivity contribution < 1.29 is 9.53 Å². The Hall–Kier alpha value is -3.18. The van der Waals surface area contributed by atoms with Crippen molar-refractivity contribution in [3.05, 3.63) is 36.5 Å². The highest BCUT2D eigenvalue weighted by Gasteiger charge is 2.50. The number of aromatic nitrogens is 2. The molecule has 5 rings (SSSR count). The number of rotatable bonds is 6. The van der Waals surface area contributed by atoms with E-state index >= 15 is 0 Å². The number of anilines is 4. The molecule has 1 aromatic heterocycles. The largest absolute Gasteiger partial charge is 0.378 e. The van der Waals surface area contributed by atoms with Gasteiger partial charge in [0, 0.05) is 37.2 Å². The number of carbonyl (C=O) groups is 1. The van der Waals surface area contributed by atoms with Gasteiger partial charge in [-0.15, -0.1) is 0 Å². The van der Waals surface area contributed by atoms with Crippen LogP contribution in [0.15, 0.2) is 36.5 Å². The van der Waals surface area contributed by atoms with Crippen LogP contribution in [0.2, 0.25) is 0 Å². The summed E-state index contributed by atoms with van der Waals surface area (Å²) in [6.07, 6.45) is 5.14. The van der Waals surface area contributed by atoms with Gasteiger partial charge in [0.15, 0.2) is 0 Å². The van der Waals surface area contributed by atoms with E-state index in [4.69, 9.17) is 4.74 Å². The first-order valence-corrected chi connectivity index (χ1v) is 10.9. The topological polar surface area (TPSA) is 94.4 Å². The number of nitriles is 1. The Morgan fingerprint density at radius 2 is 1.94 bits per heavy atom. The molecule has 8 heteroatoms. The number of hydrogen-bond acceptors (Lipinski definition) is 7. The number of hydrogen-bond donors (Lipinski definition) is 1. The highest BCUT2D eigenvalue weighted by atomic mass is 16.5. The predicted molar refractivity (Wildman–Crippen MR) is 117 cm³/mol. The molecule has 1 amide bonds. The number of amides is 1. The van der Waals surface area contributed by atoms with Gasteiger partial charge in [0.2, 0.25) is 11.9 Å². The van der Waals surface area contributed by atoms with Gasteiger partial charge in [0.25, 0.3) is 0 Å². The molecule has 160 valence electrons. The van der Waals surface area contributed by atoms with Crippen molar-refractivity contribution in [2.75, 3.05) is 48.0 Å². The first kappa shape index (κ1) is 19.8. The normalized spacial score (nSPS) is 23.6. The molecule has 2 saturated heterocycles. The Morgan fingerprint density at radius 3 is 2.65 bits per heavy atom. The molecule has 1 N–H and O–H groups in total. The van der Waals surface area contributed by atoms with Gasteiger partial charge in [-0.2, -0.15) is 10.2 Å². The van der Waals surface area contributed by atoms with E-state index in [0.29, 0.717) is 37.1 Å². The molecule has 3 aliphatic rings. The van der Waals surface area contributed by atoms with Crippen LogP contribution in [0, 0.1) is 22.7 Å². The van der Waals surface area contributed by atoms with E-state index in [0.717, 1.165) is 50.5 Å².